The molecule has 0 aliphatic rings. The lowest BCUT2D eigenvalue weighted by Crippen LogP contribution is -2.30. The van der Waals surface area contributed by atoms with Gasteiger partial charge in [-0.3, -0.25) is 5.43 Å². The van der Waals surface area contributed by atoms with Crippen molar-refractivity contribution in [2.45, 2.75) is 0 Å². The standard InChI is InChI=1S/C11H14N3/c1-12-14-9-8-13(2)11(14)10-6-4-3-5-7-10/h3-9,12H,1-2H3/q+1. The second kappa shape index (κ2) is 3.54. The Morgan fingerprint density at radius 1 is 1.21 bits per heavy atom. The second-order valence-electron chi connectivity index (χ2n) is 3.19. The topological polar surface area (TPSA) is 20.8 Å². The van der Waals surface area contributed by atoms with Crippen molar-refractivity contribution in [3.63, 3.8) is 0 Å². The quantitative estimate of drug-likeness (QED) is 0.701. The van der Waals surface area contributed by atoms with E-state index in [1.165, 1.54) is 5.56 Å². The molecule has 0 bridgehead atoms. The molecule has 1 aromatic heterocycles. The highest BCUT2D eigenvalue weighted by molar-refractivity contribution is 5.52. The molecule has 0 spiro atoms. The van der Waals surface area contributed by atoms with Crippen LogP contribution in [-0.2, 0) is 7.05 Å². The molecule has 0 aliphatic carbocycles. The second-order valence-corrected chi connectivity index (χ2v) is 3.19. The van der Waals surface area contributed by atoms with Crippen LogP contribution in [0.3, 0.4) is 0 Å². The third-order valence-electron chi connectivity index (χ3n) is 2.27. The van der Waals surface area contributed by atoms with Gasteiger partial charge in [0.25, 0.3) is 0 Å². The molecule has 14 heavy (non-hydrogen) atoms. The molecule has 0 amide bonds. The van der Waals surface area contributed by atoms with Gasteiger partial charge in [-0.05, 0) is 12.1 Å². The predicted octanol–water partition coefficient (Wildman–Crippen LogP) is 1.15. The van der Waals surface area contributed by atoms with Gasteiger partial charge in [0.1, 0.15) is 6.20 Å². The first kappa shape index (κ1) is 8.81. The van der Waals surface area contributed by atoms with Crippen LogP contribution in [0.5, 0.6) is 0 Å². The Kier molecular flexibility index (Phi) is 2.23. The minimum Gasteiger partial charge on any atom is -0.259 e. The van der Waals surface area contributed by atoms with Crippen molar-refractivity contribution < 1.29 is 4.57 Å². The number of imidazole rings is 1. The van der Waals surface area contributed by atoms with Gasteiger partial charge in [-0.25, -0.2) is 4.57 Å². The van der Waals surface area contributed by atoms with Gasteiger partial charge < -0.3 is 0 Å². The Balaban J connectivity index is 2.55. The summed E-state index contributed by atoms with van der Waals surface area (Å²) in [5, 5.41) is 0. The monoisotopic (exact) mass is 188 g/mol. The average Bonchev–Trinajstić information content (AvgIpc) is 2.61. The van der Waals surface area contributed by atoms with Crippen molar-refractivity contribution in [1.29, 1.82) is 0 Å². The molecule has 0 saturated carbocycles. The van der Waals surface area contributed by atoms with Crippen LogP contribution in [0.25, 0.3) is 11.4 Å². The van der Waals surface area contributed by atoms with E-state index in [4.69, 9.17) is 0 Å². The van der Waals surface area contributed by atoms with E-state index in [1.54, 1.807) is 0 Å². The van der Waals surface area contributed by atoms with Crippen molar-refractivity contribution in [2.24, 2.45) is 7.05 Å². The Morgan fingerprint density at radius 3 is 2.57 bits per heavy atom. The molecule has 0 saturated heterocycles. The predicted molar refractivity (Wildman–Crippen MR) is 56.3 cm³/mol. The Morgan fingerprint density at radius 2 is 1.93 bits per heavy atom. The lowest BCUT2D eigenvalue weighted by atomic mass is 10.2. The summed E-state index contributed by atoms with van der Waals surface area (Å²) in [5.41, 5.74) is 4.31. The van der Waals surface area contributed by atoms with Crippen LogP contribution in [0.2, 0.25) is 0 Å². The van der Waals surface area contributed by atoms with Crippen LogP contribution in [0.1, 0.15) is 0 Å². The lowest BCUT2D eigenvalue weighted by molar-refractivity contribution is -0.659. The van der Waals surface area contributed by atoms with E-state index in [1.807, 2.05) is 49.4 Å². The van der Waals surface area contributed by atoms with Gasteiger partial charge in [-0.1, -0.05) is 18.2 Å². The maximum Gasteiger partial charge on any atom is 0.311 e. The molecule has 2 aromatic rings. The van der Waals surface area contributed by atoms with Crippen molar-refractivity contribution in [1.82, 2.24) is 4.68 Å². The molecule has 0 aliphatic heterocycles. The fourth-order valence-electron chi connectivity index (χ4n) is 1.59. The molecule has 3 nitrogen and oxygen atoms in total. The summed E-state index contributed by atoms with van der Waals surface area (Å²) in [6.07, 6.45) is 4.03. The van der Waals surface area contributed by atoms with E-state index in [0.717, 1.165) is 5.82 Å². The number of nitrogens with zero attached hydrogens (tertiary/aromatic N) is 2. The summed E-state index contributed by atoms with van der Waals surface area (Å²) in [4.78, 5) is 0. The zero-order valence-corrected chi connectivity index (χ0v) is 8.44. The van der Waals surface area contributed by atoms with Gasteiger partial charge in [0, 0.05) is 7.05 Å². The first-order valence-corrected chi connectivity index (χ1v) is 4.63. The van der Waals surface area contributed by atoms with Crippen molar-refractivity contribution in [2.75, 3.05) is 12.5 Å². The molecule has 1 aromatic carbocycles. The SMILES string of the molecule is CNn1cc[n+](C)c1-c1ccccc1. The largest absolute Gasteiger partial charge is 0.311 e. The van der Waals surface area contributed by atoms with Crippen molar-refractivity contribution in [3.05, 3.63) is 42.7 Å². The molecule has 1 N–H and O–H groups in total. The van der Waals surface area contributed by atoms with Crippen molar-refractivity contribution in [3.8, 4) is 11.4 Å². The van der Waals surface area contributed by atoms with Gasteiger partial charge in [0.2, 0.25) is 0 Å². The van der Waals surface area contributed by atoms with Gasteiger partial charge in [0.15, 0.2) is 6.20 Å². The number of hydrogen-bond donors (Lipinski definition) is 1. The van der Waals surface area contributed by atoms with E-state index in [-0.39, 0.29) is 0 Å². The smallest absolute Gasteiger partial charge is 0.259 e. The minimum atomic E-state index is 1.15. The first-order valence-electron chi connectivity index (χ1n) is 4.63. The number of aryl methyl sites for hydroxylation is 1. The van der Waals surface area contributed by atoms with Crippen LogP contribution in [0.4, 0.5) is 0 Å². The summed E-state index contributed by atoms with van der Waals surface area (Å²) < 4.78 is 4.08. The summed E-state index contributed by atoms with van der Waals surface area (Å²) in [7, 11) is 3.95. The third kappa shape index (κ3) is 1.37. The summed E-state index contributed by atoms with van der Waals surface area (Å²) in [5.74, 6) is 1.15. The molecule has 2 rings (SSSR count). The maximum absolute atomic E-state index is 3.11. The van der Waals surface area contributed by atoms with Crippen LogP contribution < -0.4 is 9.99 Å². The Bertz CT molecular complexity index is 417. The van der Waals surface area contributed by atoms with Crippen LogP contribution in [0, 0.1) is 0 Å². The van der Waals surface area contributed by atoms with E-state index < -0.39 is 0 Å². The molecular weight excluding hydrogens is 174 g/mol. The fourth-order valence-corrected chi connectivity index (χ4v) is 1.59. The number of nitrogens with one attached hydrogen (secondary N) is 1. The maximum atomic E-state index is 3.11. The van der Waals surface area contributed by atoms with Crippen LogP contribution in [0.15, 0.2) is 42.7 Å². The normalized spacial score (nSPS) is 10.1. The Labute approximate surface area is 83.6 Å². The highest BCUT2D eigenvalue weighted by Gasteiger charge is 2.15. The summed E-state index contributed by atoms with van der Waals surface area (Å²) >= 11 is 0. The summed E-state index contributed by atoms with van der Waals surface area (Å²) in [6, 6.07) is 10.3. The highest BCUT2D eigenvalue weighted by atomic mass is 15.4. The number of benzene rings is 1. The molecule has 3 heteroatoms. The summed E-state index contributed by atoms with van der Waals surface area (Å²) in [6.45, 7) is 0. The molecular formula is C11H14N3+. The minimum absolute atomic E-state index is 1.15. The zero-order chi connectivity index (χ0) is 9.97. The van der Waals surface area contributed by atoms with Crippen LogP contribution >= 0.6 is 0 Å². The van der Waals surface area contributed by atoms with E-state index in [2.05, 4.69) is 22.1 Å². The van der Waals surface area contributed by atoms with E-state index in [0.29, 0.717) is 0 Å². The van der Waals surface area contributed by atoms with Gasteiger partial charge >= 0.3 is 5.82 Å². The molecule has 1 heterocycles. The van der Waals surface area contributed by atoms with Gasteiger partial charge in [-0.2, -0.15) is 0 Å². The Hall–Kier alpha value is -1.77. The average molecular weight is 188 g/mol. The first-order chi connectivity index (χ1) is 6.83. The molecule has 0 fully saturated rings. The molecule has 0 atom stereocenters. The number of hydrogen-bond acceptors (Lipinski definition) is 1. The third-order valence-corrected chi connectivity index (χ3v) is 2.27. The number of aromatic nitrogens is 2. The fraction of sp³-hybridized carbons (Fsp3) is 0.182. The molecule has 72 valence electrons. The number of rotatable bonds is 2. The van der Waals surface area contributed by atoms with E-state index >= 15 is 0 Å². The van der Waals surface area contributed by atoms with Crippen LogP contribution in [-0.4, -0.2) is 11.7 Å². The zero-order valence-electron chi connectivity index (χ0n) is 8.44. The van der Waals surface area contributed by atoms with Gasteiger partial charge in [-0.15, -0.1) is 4.68 Å². The van der Waals surface area contributed by atoms with E-state index in [9.17, 15) is 0 Å². The lowest BCUT2D eigenvalue weighted by Gasteiger charge is -2.00. The van der Waals surface area contributed by atoms with Crippen molar-refractivity contribution >= 4 is 0 Å². The molecule has 0 unspecified atom stereocenters. The molecule has 0 radical (unpaired) electrons. The van der Waals surface area contributed by atoms with Gasteiger partial charge in [0.05, 0.1) is 12.6 Å². The highest BCUT2D eigenvalue weighted by Crippen LogP contribution is 2.13.